The fourth-order valence-electron chi connectivity index (χ4n) is 3.71. The molecule has 3 aromatic rings. The van der Waals surface area contributed by atoms with Crippen LogP contribution in [0.15, 0.2) is 77.3 Å². The van der Waals surface area contributed by atoms with Crippen molar-refractivity contribution in [3.05, 3.63) is 88.4 Å². The van der Waals surface area contributed by atoms with E-state index in [9.17, 15) is 9.59 Å². The molecule has 0 aliphatic carbocycles. The van der Waals surface area contributed by atoms with E-state index in [0.717, 1.165) is 38.4 Å². The Kier molecular flexibility index (Phi) is 6.62. The molecule has 0 radical (unpaired) electrons. The fourth-order valence-corrected chi connectivity index (χ4v) is 4.07. The average Bonchev–Trinajstić information content (AvgIpc) is 3.12. The van der Waals surface area contributed by atoms with Crippen LogP contribution in [0.25, 0.3) is 11.3 Å². The Hall–Kier alpha value is -3.42. The first-order valence-corrected chi connectivity index (χ1v) is 11.3. The third kappa shape index (κ3) is 4.99. The van der Waals surface area contributed by atoms with Gasteiger partial charge >= 0.3 is 0 Å². The molecule has 2 amide bonds. The Morgan fingerprint density at radius 1 is 0.970 bits per heavy atom. The fraction of sp³-hybridized carbons (Fsp3) is 0.154. The molecule has 0 aromatic heterocycles. The van der Waals surface area contributed by atoms with E-state index in [2.05, 4.69) is 26.6 Å². The standard InChI is InChI=1S/C26H25BrN4O2/c1-30(2)16-23(32)31(3)20-12-10-19(11-13-20)28-25(17-7-5-4-6-8-17)24-21-14-9-18(27)15-22(21)29-26(24)33/h4-15,28H,16H2,1-3H3,(H,29,33). The zero-order valence-electron chi connectivity index (χ0n) is 18.7. The molecule has 0 spiro atoms. The van der Waals surface area contributed by atoms with Gasteiger partial charge in [-0.25, -0.2) is 0 Å². The van der Waals surface area contributed by atoms with Gasteiger partial charge in [-0.2, -0.15) is 0 Å². The molecule has 2 N–H and O–H groups in total. The van der Waals surface area contributed by atoms with Crippen LogP contribution in [-0.4, -0.2) is 44.4 Å². The molecular formula is C26H25BrN4O2. The molecule has 1 aliphatic heterocycles. The highest BCUT2D eigenvalue weighted by Gasteiger charge is 2.28. The number of carbonyl (C=O) groups excluding carboxylic acids is 2. The monoisotopic (exact) mass is 504 g/mol. The molecule has 0 saturated carbocycles. The second-order valence-corrected chi connectivity index (χ2v) is 9.04. The summed E-state index contributed by atoms with van der Waals surface area (Å²) in [6, 6.07) is 23.2. The minimum atomic E-state index is -0.153. The van der Waals surface area contributed by atoms with Gasteiger partial charge in [-0.05, 0) is 56.1 Å². The maximum Gasteiger partial charge on any atom is 0.258 e. The molecule has 0 fully saturated rings. The van der Waals surface area contributed by atoms with Crippen LogP contribution in [0.1, 0.15) is 11.1 Å². The van der Waals surface area contributed by atoms with Crippen LogP contribution < -0.4 is 15.5 Å². The second kappa shape index (κ2) is 9.60. The Labute approximate surface area is 202 Å². The molecule has 1 aliphatic rings. The van der Waals surface area contributed by atoms with E-state index in [-0.39, 0.29) is 11.8 Å². The summed E-state index contributed by atoms with van der Waals surface area (Å²) in [5.41, 5.74) is 5.45. The third-order valence-corrected chi connectivity index (χ3v) is 5.88. The van der Waals surface area contributed by atoms with Crippen molar-refractivity contribution < 1.29 is 9.59 Å². The topological polar surface area (TPSA) is 64.7 Å². The average molecular weight is 505 g/mol. The molecule has 0 unspecified atom stereocenters. The highest BCUT2D eigenvalue weighted by atomic mass is 79.9. The predicted octanol–water partition coefficient (Wildman–Crippen LogP) is 4.91. The summed E-state index contributed by atoms with van der Waals surface area (Å²) in [6.07, 6.45) is 0. The van der Waals surface area contributed by atoms with E-state index in [0.29, 0.717) is 12.1 Å². The maximum absolute atomic E-state index is 13.0. The lowest BCUT2D eigenvalue weighted by Crippen LogP contribution is -2.34. The molecule has 168 valence electrons. The van der Waals surface area contributed by atoms with Crippen LogP contribution >= 0.6 is 15.9 Å². The van der Waals surface area contributed by atoms with Crippen LogP contribution in [-0.2, 0) is 9.59 Å². The zero-order valence-corrected chi connectivity index (χ0v) is 20.3. The van der Waals surface area contributed by atoms with Crippen LogP contribution in [0, 0.1) is 0 Å². The highest BCUT2D eigenvalue weighted by molar-refractivity contribution is 9.10. The van der Waals surface area contributed by atoms with E-state index >= 15 is 0 Å². The Morgan fingerprint density at radius 2 is 1.67 bits per heavy atom. The van der Waals surface area contributed by atoms with Gasteiger partial charge in [-0.3, -0.25) is 9.59 Å². The van der Waals surface area contributed by atoms with E-state index in [4.69, 9.17) is 0 Å². The van der Waals surface area contributed by atoms with Crippen molar-refractivity contribution in [2.75, 3.05) is 43.2 Å². The van der Waals surface area contributed by atoms with Gasteiger partial charge < -0.3 is 20.4 Å². The first-order chi connectivity index (χ1) is 15.8. The number of halogens is 1. The van der Waals surface area contributed by atoms with Gasteiger partial charge in [0.1, 0.15) is 0 Å². The molecule has 0 atom stereocenters. The molecule has 3 aromatic carbocycles. The quantitative estimate of drug-likeness (QED) is 0.468. The second-order valence-electron chi connectivity index (χ2n) is 8.12. The van der Waals surface area contributed by atoms with Gasteiger partial charge in [0, 0.05) is 28.5 Å². The number of likely N-dealkylation sites (N-methyl/N-ethyl adjacent to an activating group) is 2. The molecule has 0 bridgehead atoms. The van der Waals surface area contributed by atoms with E-state index in [1.54, 1.807) is 11.9 Å². The summed E-state index contributed by atoms with van der Waals surface area (Å²) in [6.45, 7) is 0.339. The minimum Gasteiger partial charge on any atom is -0.354 e. The highest BCUT2D eigenvalue weighted by Crippen LogP contribution is 2.38. The Bertz CT molecular complexity index is 1220. The van der Waals surface area contributed by atoms with Gasteiger partial charge in [0.25, 0.3) is 5.91 Å². The molecule has 0 saturated heterocycles. The van der Waals surface area contributed by atoms with Gasteiger partial charge in [0.2, 0.25) is 5.91 Å². The third-order valence-electron chi connectivity index (χ3n) is 5.39. The Balaban J connectivity index is 1.70. The molecule has 7 heteroatoms. The number of nitrogens with one attached hydrogen (secondary N) is 2. The number of amides is 2. The normalized spacial score (nSPS) is 14.0. The zero-order chi connectivity index (χ0) is 23.5. The van der Waals surface area contributed by atoms with Crippen LogP contribution in [0.3, 0.4) is 0 Å². The number of rotatable bonds is 6. The SMILES string of the molecule is CN(C)CC(=O)N(C)c1ccc(NC(=C2C(=O)Nc3cc(Br)ccc32)c2ccccc2)cc1. The number of hydrogen-bond acceptors (Lipinski definition) is 4. The number of fused-ring (bicyclic) bond motifs is 1. The summed E-state index contributed by atoms with van der Waals surface area (Å²) >= 11 is 3.47. The molecule has 33 heavy (non-hydrogen) atoms. The number of carbonyl (C=O) groups is 2. The van der Waals surface area contributed by atoms with Crippen molar-refractivity contribution in [3.8, 4) is 0 Å². The van der Waals surface area contributed by atoms with Gasteiger partial charge in [0.05, 0.1) is 23.5 Å². The van der Waals surface area contributed by atoms with Gasteiger partial charge in [0.15, 0.2) is 0 Å². The lowest BCUT2D eigenvalue weighted by atomic mass is 10.00. The van der Waals surface area contributed by atoms with Gasteiger partial charge in [-0.15, -0.1) is 0 Å². The van der Waals surface area contributed by atoms with Crippen molar-refractivity contribution in [2.24, 2.45) is 0 Å². The summed E-state index contributed by atoms with van der Waals surface area (Å²) < 4.78 is 0.903. The van der Waals surface area contributed by atoms with E-state index in [1.165, 1.54) is 0 Å². The van der Waals surface area contributed by atoms with E-state index < -0.39 is 0 Å². The summed E-state index contributed by atoms with van der Waals surface area (Å²) in [5.74, 6) is -0.140. The largest absolute Gasteiger partial charge is 0.354 e. The molecule has 4 rings (SSSR count). The molecule has 1 heterocycles. The number of hydrogen-bond donors (Lipinski definition) is 2. The number of benzene rings is 3. The van der Waals surface area contributed by atoms with Crippen molar-refractivity contribution >= 4 is 56.1 Å². The number of nitrogens with zero attached hydrogens (tertiary/aromatic N) is 2. The van der Waals surface area contributed by atoms with Crippen molar-refractivity contribution in [2.45, 2.75) is 0 Å². The summed E-state index contributed by atoms with van der Waals surface area (Å²) in [5, 5.41) is 6.41. The van der Waals surface area contributed by atoms with E-state index in [1.807, 2.05) is 91.8 Å². The first kappa shape index (κ1) is 22.8. The molecule has 6 nitrogen and oxygen atoms in total. The smallest absolute Gasteiger partial charge is 0.258 e. The maximum atomic E-state index is 13.0. The van der Waals surface area contributed by atoms with Crippen LogP contribution in [0.4, 0.5) is 17.1 Å². The molecular weight excluding hydrogens is 480 g/mol. The first-order valence-electron chi connectivity index (χ1n) is 10.5. The van der Waals surface area contributed by atoms with Crippen molar-refractivity contribution in [1.82, 2.24) is 4.90 Å². The van der Waals surface area contributed by atoms with Crippen LogP contribution in [0.2, 0.25) is 0 Å². The Morgan fingerprint density at radius 3 is 2.33 bits per heavy atom. The number of anilines is 3. The van der Waals surface area contributed by atoms with Gasteiger partial charge in [-0.1, -0.05) is 52.3 Å². The van der Waals surface area contributed by atoms with Crippen LogP contribution in [0.5, 0.6) is 0 Å². The van der Waals surface area contributed by atoms with Crippen molar-refractivity contribution in [3.63, 3.8) is 0 Å². The minimum absolute atomic E-state index is 0.0122. The lowest BCUT2D eigenvalue weighted by molar-refractivity contribution is -0.119. The summed E-state index contributed by atoms with van der Waals surface area (Å²) in [7, 11) is 5.50. The lowest BCUT2D eigenvalue weighted by Gasteiger charge is -2.20. The predicted molar refractivity (Wildman–Crippen MR) is 138 cm³/mol. The summed E-state index contributed by atoms with van der Waals surface area (Å²) in [4.78, 5) is 28.8. The van der Waals surface area contributed by atoms with Crippen molar-refractivity contribution in [1.29, 1.82) is 0 Å².